The summed E-state index contributed by atoms with van der Waals surface area (Å²) in [6, 6.07) is 0. The minimum Gasteiger partial charge on any atom is -0.478 e. The molecule has 0 aromatic carbocycles. The highest BCUT2D eigenvalue weighted by atomic mass is 16.5. The van der Waals surface area contributed by atoms with E-state index in [9.17, 15) is 4.79 Å². The normalized spacial score (nSPS) is 8.71. The summed E-state index contributed by atoms with van der Waals surface area (Å²) in [6.07, 6.45) is 5.74. The Morgan fingerprint density at radius 3 is 1.86 bits per heavy atom. The standard InChI is InChI=1S/C8H18O.C3H4O2/c1-3-5-7-9-8-6-4-2;1-2-3(4)5/h3-8H2,1-2H3;2H,1H2,(H,4,5). The van der Waals surface area contributed by atoms with Crippen LogP contribution in [0.1, 0.15) is 39.5 Å². The van der Waals surface area contributed by atoms with Crippen molar-refractivity contribution in [2.24, 2.45) is 0 Å². The zero-order valence-corrected chi connectivity index (χ0v) is 9.29. The predicted molar refractivity (Wildman–Crippen MR) is 58.5 cm³/mol. The zero-order chi connectivity index (χ0) is 11.2. The third-order valence-corrected chi connectivity index (χ3v) is 1.46. The van der Waals surface area contributed by atoms with Crippen molar-refractivity contribution in [2.75, 3.05) is 13.2 Å². The molecule has 0 rings (SSSR count). The van der Waals surface area contributed by atoms with Gasteiger partial charge in [-0.1, -0.05) is 33.3 Å². The van der Waals surface area contributed by atoms with E-state index in [-0.39, 0.29) is 0 Å². The van der Waals surface area contributed by atoms with E-state index in [0.29, 0.717) is 0 Å². The molecule has 0 unspecified atom stereocenters. The van der Waals surface area contributed by atoms with Crippen LogP contribution in [-0.4, -0.2) is 24.3 Å². The van der Waals surface area contributed by atoms with Gasteiger partial charge < -0.3 is 9.84 Å². The fourth-order valence-corrected chi connectivity index (χ4v) is 0.595. The van der Waals surface area contributed by atoms with Gasteiger partial charge in [-0.2, -0.15) is 0 Å². The second-order valence-electron chi connectivity index (χ2n) is 2.86. The van der Waals surface area contributed by atoms with Gasteiger partial charge in [-0.15, -0.1) is 0 Å². The molecule has 0 bridgehead atoms. The molecule has 0 fully saturated rings. The topological polar surface area (TPSA) is 46.5 Å². The van der Waals surface area contributed by atoms with E-state index >= 15 is 0 Å². The Morgan fingerprint density at radius 2 is 1.64 bits per heavy atom. The first-order valence-corrected chi connectivity index (χ1v) is 5.12. The number of carboxylic acids is 1. The van der Waals surface area contributed by atoms with Gasteiger partial charge >= 0.3 is 5.97 Å². The Hall–Kier alpha value is -0.830. The maximum atomic E-state index is 9.25. The molecule has 0 saturated heterocycles. The molecule has 3 heteroatoms. The molecule has 0 aromatic heterocycles. The average Bonchev–Trinajstić information content (AvgIpc) is 2.19. The van der Waals surface area contributed by atoms with Crippen molar-refractivity contribution in [3.8, 4) is 0 Å². The van der Waals surface area contributed by atoms with Crippen molar-refractivity contribution in [3.63, 3.8) is 0 Å². The minimum atomic E-state index is -0.981. The Bertz CT molecular complexity index is 126. The van der Waals surface area contributed by atoms with E-state index in [4.69, 9.17) is 9.84 Å². The monoisotopic (exact) mass is 202 g/mol. The lowest BCUT2D eigenvalue weighted by Gasteiger charge is -1.99. The van der Waals surface area contributed by atoms with Crippen LogP contribution in [0.2, 0.25) is 0 Å². The van der Waals surface area contributed by atoms with Crippen LogP contribution >= 0.6 is 0 Å². The Morgan fingerprint density at radius 1 is 1.29 bits per heavy atom. The fourth-order valence-electron chi connectivity index (χ4n) is 0.595. The molecule has 1 N–H and O–H groups in total. The number of carbonyl (C=O) groups is 1. The van der Waals surface area contributed by atoms with Gasteiger partial charge in [0.15, 0.2) is 0 Å². The van der Waals surface area contributed by atoms with Gasteiger partial charge in [0.05, 0.1) is 0 Å². The molecule has 0 radical (unpaired) electrons. The highest BCUT2D eigenvalue weighted by Crippen LogP contribution is 1.91. The summed E-state index contributed by atoms with van der Waals surface area (Å²) in [5.41, 5.74) is 0. The highest BCUT2D eigenvalue weighted by molar-refractivity contribution is 5.78. The maximum Gasteiger partial charge on any atom is 0.327 e. The lowest BCUT2D eigenvalue weighted by atomic mass is 10.3. The summed E-state index contributed by atoms with van der Waals surface area (Å²) >= 11 is 0. The van der Waals surface area contributed by atoms with E-state index < -0.39 is 5.97 Å². The molecule has 0 atom stereocenters. The van der Waals surface area contributed by atoms with Gasteiger partial charge in [0.1, 0.15) is 0 Å². The van der Waals surface area contributed by atoms with Crippen LogP contribution in [0.5, 0.6) is 0 Å². The Kier molecular flexibility index (Phi) is 16.4. The smallest absolute Gasteiger partial charge is 0.327 e. The number of carboxylic acid groups (broad SMARTS) is 1. The summed E-state index contributed by atoms with van der Waals surface area (Å²) in [5, 5.41) is 7.60. The predicted octanol–water partition coefficient (Wildman–Crippen LogP) is 2.86. The number of ether oxygens (including phenoxy) is 1. The van der Waals surface area contributed by atoms with Crippen molar-refractivity contribution in [2.45, 2.75) is 39.5 Å². The quantitative estimate of drug-likeness (QED) is 0.510. The molecular formula is C11H22O3. The summed E-state index contributed by atoms with van der Waals surface area (Å²) in [4.78, 5) is 9.25. The number of hydrogen-bond donors (Lipinski definition) is 1. The molecule has 0 saturated carbocycles. The molecule has 84 valence electrons. The molecule has 0 aliphatic carbocycles. The van der Waals surface area contributed by atoms with Crippen LogP contribution in [0.15, 0.2) is 12.7 Å². The molecular weight excluding hydrogens is 180 g/mol. The Labute approximate surface area is 86.8 Å². The highest BCUT2D eigenvalue weighted by Gasteiger charge is 1.84. The van der Waals surface area contributed by atoms with Crippen LogP contribution in [0.3, 0.4) is 0 Å². The van der Waals surface area contributed by atoms with Crippen molar-refractivity contribution < 1.29 is 14.6 Å². The average molecular weight is 202 g/mol. The third-order valence-electron chi connectivity index (χ3n) is 1.46. The lowest BCUT2D eigenvalue weighted by Crippen LogP contribution is -1.95. The molecule has 14 heavy (non-hydrogen) atoms. The van der Waals surface area contributed by atoms with Gasteiger partial charge in [0, 0.05) is 19.3 Å². The largest absolute Gasteiger partial charge is 0.478 e. The molecule has 0 spiro atoms. The van der Waals surface area contributed by atoms with Gasteiger partial charge in [0.25, 0.3) is 0 Å². The summed E-state index contributed by atoms with van der Waals surface area (Å²) < 4.78 is 5.31. The van der Waals surface area contributed by atoms with Crippen LogP contribution in [-0.2, 0) is 9.53 Å². The van der Waals surface area contributed by atoms with Crippen molar-refractivity contribution in [3.05, 3.63) is 12.7 Å². The molecule has 3 nitrogen and oxygen atoms in total. The van der Waals surface area contributed by atoms with Crippen LogP contribution in [0.25, 0.3) is 0 Å². The fraction of sp³-hybridized carbons (Fsp3) is 0.727. The third kappa shape index (κ3) is 22.5. The number of unbranched alkanes of at least 4 members (excludes halogenated alkanes) is 2. The number of aliphatic carboxylic acids is 1. The molecule has 0 heterocycles. The van der Waals surface area contributed by atoms with Crippen LogP contribution < -0.4 is 0 Å². The SMILES string of the molecule is C=CC(=O)O.CCCCOCCCC. The zero-order valence-electron chi connectivity index (χ0n) is 9.29. The van der Waals surface area contributed by atoms with Crippen molar-refractivity contribution in [1.82, 2.24) is 0 Å². The first kappa shape index (κ1) is 15.6. The summed E-state index contributed by atoms with van der Waals surface area (Å²) in [7, 11) is 0. The summed E-state index contributed by atoms with van der Waals surface area (Å²) in [5.74, 6) is -0.981. The maximum absolute atomic E-state index is 9.25. The number of rotatable bonds is 7. The molecule has 0 aromatic rings. The second kappa shape index (κ2) is 14.7. The second-order valence-corrected chi connectivity index (χ2v) is 2.86. The molecule has 0 amide bonds. The van der Waals surface area contributed by atoms with Crippen molar-refractivity contribution >= 4 is 5.97 Å². The lowest BCUT2D eigenvalue weighted by molar-refractivity contribution is -0.131. The van der Waals surface area contributed by atoms with Gasteiger partial charge in [-0.05, 0) is 12.8 Å². The summed E-state index contributed by atoms with van der Waals surface area (Å²) in [6.45, 7) is 9.24. The number of hydrogen-bond acceptors (Lipinski definition) is 2. The van der Waals surface area contributed by atoms with E-state index in [1.807, 2.05) is 0 Å². The molecule has 0 aliphatic heterocycles. The van der Waals surface area contributed by atoms with Crippen LogP contribution in [0.4, 0.5) is 0 Å². The Balaban J connectivity index is 0. The first-order chi connectivity index (χ1) is 6.68. The van der Waals surface area contributed by atoms with Gasteiger partial charge in [-0.25, -0.2) is 4.79 Å². The van der Waals surface area contributed by atoms with Crippen molar-refractivity contribution in [1.29, 1.82) is 0 Å². The van der Waals surface area contributed by atoms with E-state index in [0.717, 1.165) is 19.3 Å². The van der Waals surface area contributed by atoms with E-state index in [1.54, 1.807) is 0 Å². The molecule has 0 aliphatic rings. The van der Waals surface area contributed by atoms with Gasteiger partial charge in [0.2, 0.25) is 0 Å². The van der Waals surface area contributed by atoms with Crippen LogP contribution in [0, 0.1) is 0 Å². The van der Waals surface area contributed by atoms with E-state index in [2.05, 4.69) is 20.4 Å². The van der Waals surface area contributed by atoms with Gasteiger partial charge in [-0.3, -0.25) is 0 Å². The minimum absolute atomic E-state index is 0.833. The first-order valence-electron chi connectivity index (χ1n) is 5.12. The van der Waals surface area contributed by atoms with E-state index in [1.165, 1.54) is 25.7 Å².